The minimum absolute atomic E-state index is 0.291. The van der Waals surface area contributed by atoms with Gasteiger partial charge in [0.25, 0.3) is 0 Å². The van der Waals surface area contributed by atoms with Crippen LogP contribution in [0.3, 0.4) is 0 Å². The van der Waals surface area contributed by atoms with Crippen molar-refractivity contribution in [3.63, 3.8) is 0 Å². The molecule has 0 bridgehead atoms. The highest BCUT2D eigenvalue weighted by molar-refractivity contribution is 5.81. The van der Waals surface area contributed by atoms with E-state index in [1.54, 1.807) is 20.9 Å². The summed E-state index contributed by atoms with van der Waals surface area (Å²) in [5.74, 6) is 1.30. The van der Waals surface area contributed by atoms with Gasteiger partial charge in [-0.05, 0) is 13.8 Å². The van der Waals surface area contributed by atoms with Crippen LogP contribution >= 0.6 is 0 Å². The standard InChI is InChI=1S/C6H11N5O/c1-4-8-9-5(2)11(4)10-6(12)7-3/h1-3H3,(H2,7,10,12). The fraction of sp³-hybridized carbons (Fsp3) is 0.500. The van der Waals surface area contributed by atoms with Crippen LogP contribution in [0.2, 0.25) is 0 Å². The normalized spacial score (nSPS) is 9.58. The Morgan fingerprint density at radius 2 is 1.83 bits per heavy atom. The third-order valence-corrected chi connectivity index (χ3v) is 1.43. The fourth-order valence-electron chi connectivity index (χ4n) is 0.788. The van der Waals surface area contributed by atoms with E-state index in [0.29, 0.717) is 11.6 Å². The Hall–Kier alpha value is -1.59. The average Bonchev–Trinajstić information content (AvgIpc) is 2.35. The van der Waals surface area contributed by atoms with Crippen LogP contribution in [0.1, 0.15) is 11.6 Å². The monoisotopic (exact) mass is 169 g/mol. The van der Waals surface area contributed by atoms with Crippen molar-refractivity contribution in [1.82, 2.24) is 20.2 Å². The lowest BCUT2D eigenvalue weighted by Gasteiger charge is -2.06. The van der Waals surface area contributed by atoms with E-state index in [2.05, 4.69) is 20.9 Å². The van der Waals surface area contributed by atoms with E-state index in [9.17, 15) is 4.79 Å². The zero-order chi connectivity index (χ0) is 9.14. The van der Waals surface area contributed by atoms with Gasteiger partial charge in [0.15, 0.2) is 0 Å². The Kier molecular flexibility index (Phi) is 2.27. The van der Waals surface area contributed by atoms with Crippen molar-refractivity contribution in [1.29, 1.82) is 0 Å². The summed E-state index contributed by atoms with van der Waals surface area (Å²) >= 11 is 0. The van der Waals surface area contributed by atoms with Crippen LogP contribution in [-0.4, -0.2) is 28.0 Å². The third-order valence-electron chi connectivity index (χ3n) is 1.43. The summed E-state index contributed by atoms with van der Waals surface area (Å²) in [6.07, 6.45) is 0. The van der Waals surface area contributed by atoms with Gasteiger partial charge in [-0.3, -0.25) is 0 Å². The molecule has 0 unspecified atom stereocenters. The van der Waals surface area contributed by atoms with Crippen molar-refractivity contribution in [3.8, 4) is 0 Å². The van der Waals surface area contributed by atoms with Gasteiger partial charge < -0.3 is 5.32 Å². The van der Waals surface area contributed by atoms with Crippen molar-refractivity contribution < 1.29 is 4.79 Å². The molecule has 1 aromatic heterocycles. The second-order valence-electron chi connectivity index (χ2n) is 2.32. The Balaban J connectivity index is 2.80. The zero-order valence-electron chi connectivity index (χ0n) is 7.25. The molecule has 0 aliphatic carbocycles. The number of carbonyl (C=O) groups excluding carboxylic acids is 1. The number of rotatable bonds is 1. The van der Waals surface area contributed by atoms with Gasteiger partial charge >= 0.3 is 6.03 Å². The number of carbonyl (C=O) groups is 1. The van der Waals surface area contributed by atoms with Crippen molar-refractivity contribution in [2.75, 3.05) is 12.5 Å². The van der Waals surface area contributed by atoms with Crippen molar-refractivity contribution >= 4 is 6.03 Å². The third kappa shape index (κ3) is 1.52. The summed E-state index contributed by atoms with van der Waals surface area (Å²) < 4.78 is 1.51. The molecule has 0 spiro atoms. The van der Waals surface area contributed by atoms with Gasteiger partial charge in [0, 0.05) is 7.05 Å². The molecule has 2 N–H and O–H groups in total. The van der Waals surface area contributed by atoms with Crippen molar-refractivity contribution in [2.45, 2.75) is 13.8 Å². The number of urea groups is 1. The molecule has 0 atom stereocenters. The first kappa shape index (κ1) is 8.51. The zero-order valence-corrected chi connectivity index (χ0v) is 7.25. The molecule has 0 saturated heterocycles. The topological polar surface area (TPSA) is 71.8 Å². The van der Waals surface area contributed by atoms with Crippen LogP contribution < -0.4 is 10.7 Å². The number of amides is 2. The molecule has 6 nitrogen and oxygen atoms in total. The van der Waals surface area contributed by atoms with Gasteiger partial charge in [-0.15, -0.1) is 10.2 Å². The number of aryl methyl sites for hydroxylation is 2. The second kappa shape index (κ2) is 3.21. The first-order valence-electron chi connectivity index (χ1n) is 3.52. The maximum atomic E-state index is 10.9. The maximum absolute atomic E-state index is 10.9. The number of nitrogens with one attached hydrogen (secondary N) is 2. The first-order chi connectivity index (χ1) is 5.65. The van der Waals surface area contributed by atoms with Crippen molar-refractivity contribution in [2.24, 2.45) is 0 Å². The van der Waals surface area contributed by atoms with Crippen molar-refractivity contribution in [3.05, 3.63) is 11.6 Å². The molecule has 0 saturated carbocycles. The summed E-state index contributed by atoms with van der Waals surface area (Å²) in [7, 11) is 1.55. The van der Waals surface area contributed by atoms with Crippen LogP contribution in [0.4, 0.5) is 4.79 Å². The van der Waals surface area contributed by atoms with Crippen LogP contribution in [0, 0.1) is 13.8 Å². The summed E-state index contributed by atoms with van der Waals surface area (Å²) in [5, 5.41) is 9.98. The molecule has 0 fully saturated rings. The van der Waals surface area contributed by atoms with Gasteiger partial charge in [-0.2, -0.15) is 0 Å². The van der Waals surface area contributed by atoms with Gasteiger partial charge in [0.1, 0.15) is 11.6 Å². The molecule has 12 heavy (non-hydrogen) atoms. The van der Waals surface area contributed by atoms with Gasteiger partial charge in [-0.25, -0.2) is 14.9 Å². The highest BCUT2D eigenvalue weighted by Crippen LogP contribution is 1.94. The highest BCUT2D eigenvalue weighted by Gasteiger charge is 2.05. The van der Waals surface area contributed by atoms with E-state index in [1.165, 1.54) is 4.68 Å². The lowest BCUT2D eigenvalue weighted by Crippen LogP contribution is -2.32. The van der Waals surface area contributed by atoms with E-state index < -0.39 is 0 Å². The second-order valence-corrected chi connectivity index (χ2v) is 2.32. The Labute approximate surface area is 69.9 Å². The lowest BCUT2D eigenvalue weighted by atomic mass is 10.7. The molecular formula is C6H11N5O. The van der Waals surface area contributed by atoms with Crippen LogP contribution in [0.25, 0.3) is 0 Å². The van der Waals surface area contributed by atoms with Crippen LogP contribution in [-0.2, 0) is 0 Å². The summed E-state index contributed by atoms with van der Waals surface area (Å²) in [6.45, 7) is 3.52. The van der Waals surface area contributed by atoms with E-state index in [-0.39, 0.29) is 6.03 Å². The van der Waals surface area contributed by atoms with Gasteiger partial charge in [0.2, 0.25) is 0 Å². The number of hydrogen-bond acceptors (Lipinski definition) is 3. The first-order valence-corrected chi connectivity index (χ1v) is 3.52. The summed E-state index contributed by atoms with van der Waals surface area (Å²) in [5.41, 5.74) is 2.55. The molecule has 0 aromatic carbocycles. The minimum atomic E-state index is -0.291. The number of hydrogen-bond donors (Lipinski definition) is 2. The smallest absolute Gasteiger partial charge is 0.333 e. The predicted octanol–water partition coefficient (Wildman–Crippen LogP) is -0.222. The fourth-order valence-corrected chi connectivity index (χ4v) is 0.788. The summed E-state index contributed by atoms with van der Waals surface area (Å²) in [6, 6.07) is -0.291. The van der Waals surface area contributed by atoms with E-state index in [4.69, 9.17) is 0 Å². The molecule has 1 rings (SSSR count). The molecule has 66 valence electrons. The van der Waals surface area contributed by atoms with E-state index in [1.807, 2.05) is 0 Å². The minimum Gasteiger partial charge on any atom is -0.340 e. The van der Waals surface area contributed by atoms with Crippen LogP contribution in [0.5, 0.6) is 0 Å². The van der Waals surface area contributed by atoms with Crippen LogP contribution in [0.15, 0.2) is 0 Å². The number of aromatic nitrogens is 3. The van der Waals surface area contributed by atoms with E-state index >= 15 is 0 Å². The SMILES string of the molecule is CNC(=O)Nn1c(C)nnc1C. The largest absolute Gasteiger partial charge is 0.340 e. The lowest BCUT2D eigenvalue weighted by molar-refractivity contribution is 0.251. The molecule has 1 heterocycles. The number of nitrogens with zero attached hydrogens (tertiary/aromatic N) is 3. The molecule has 1 aromatic rings. The molecule has 2 amide bonds. The molecule has 6 heteroatoms. The Bertz CT molecular complexity index is 273. The quantitative estimate of drug-likeness (QED) is 0.610. The van der Waals surface area contributed by atoms with Gasteiger partial charge in [-0.1, -0.05) is 0 Å². The molecule has 0 aliphatic heterocycles. The Morgan fingerprint density at radius 3 is 2.25 bits per heavy atom. The molecule has 0 aliphatic rings. The molecule has 0 radical (unpaired) electrons. The molecular weight excluding hydrogens is 158 g/mol. The average molecular weight is 169 g/mol. The maximum Gasteiger partial charge on any atom is 0.333 e. The highest BCUT2D eigenvalue weighted by atomic mass is 16.2. The Morgan fingerprint density at radius 1 is 1.33 bits per heavy atom. The summed E-state index contributed by atoms with van der Waals surface area (Å²) in [4.78, 5) is 10.9. The van der Waals surface area contributed by atoms with E-state index in [0.717, 1.165) is 0 Å². The predicted molar refractivity (Wildman–Crippen MR) is 43.3 cm³/mol. The van der Waals surface area contributed by atoms with Gasteiger partial charge in [0.05, 0.1) is 0 Å².